The van der Waals surface area contributed by atoms with Gasteiger partial charge in [-0.2, -0.15) is 0 Å². The number of nitrogens with zero attached hydrogens (tertiary/aromatic N) is 1. The third-order valence-corrected chi connectivity index (χ3v) is 8.66. The van der Waals surface area contributed by atoms with E-state index >= 15 is 0 Å². The van der Waals surface area contributed by atoms with Crippen LogP contribution >= 0.6 is 11.8 Å². The third-order valence-electron chi connectivity index (χ3n) is 7.70. The standard InChI is InChI=1S/C28H41NO6S/c1-32-22-15-13-21(14-16-22)19-29-25(20-36-27(29)31)28(33-2)18-24-17-23(35-28)11-9-7-5-3-4-6-8-10-12-26(30)34-24/h13-16,23-25H,3-12,17-20H2,1-2H3/t23-,24-,25?,28-/m1/s1. The predicted molar refractivity (Wildman–Crippen MR) is 140 cm³/mol. The van der Waals surface area contributed by atoms with E-state index in [1.807, 2.05) is 29.2 Å². The average molecular weight is 520 g/mol. The Bertz CT molecular complexity index is 864. The maximum atomic E-state index is 13.0. The van der Waals surface area contributed by atoms with Crippen LogP contribution in [0, 0.1) is 0 Å². The first-order valence-electron chi connectivity index (χ1n) is 13.5. The molecule has 3 fully saturated rings. The number of ether oxygens (including phenoxy) is 4. The van der Waals surface area contributed by atoms with Gasteiger partial charge in [-0.05, 0) is 30.5 Å². The van der Waals surface area contributed by atoms with Gasteiger partial charge in [0.15, 0.2) is 5.79 Å². The van der Waals surface area contributed by atoms with E-state index in [0.717, 1.165) is 37.0 Å². The molecule has 1 aromatic carbocycles. The van der Waals surface area contributed by atoms with Crippen LogP contribution in [0.5, 0.6) is 5.75 Å². The predicted octanol–water partition coefficient (Wildman–Crippen LogP) is 6.08. The molecule has 0 N–H and O–H groups in total. The Hall–Kier alpha value is -1.77. The Balaban J connectivity index is 1.53. The summed E-state index contributed by atoms with van der Waals surface area (Å²) in [5, 5.41) is 0.0184. The Morgan fingerprint density at radius 3 is 2.36 bits per heavy atom. The quantitative estimate of drug-likeness (QED) is 0.436. The van der Waals surface area contributed by atoms with Crippen LogP contribution in [0.3, 0.4) is 0 Å². The van der Waals surface area contributed by atoms with Gasteiger partial charge in [0.2, 0.25) is 0 Å². The number of fused-ring (bicyclic) bond motifs is 2. The van der Waals surface area contributed by atoms with Crippen LogP contribution in [0.25, 0.3) is 0 Å². The summed E-state index contributed by atoms with van der Waals surface area (Å²) in [5.41, 5.74) is 1.02. The molecule has 4 rings (SSSR count). The second-order valence-electron chi connectivity index (χ2n) is 10.2. The highest BCUT2D eigenvalue weighted by Gasteiger charge is 2.54. The molecule has 3 aliphatic heterocycles. The Kier molecular flexibility index (Phi) is 9.96. The molecule has 0 saturated carbocycles. The molecule has 3 aliphatic rings. The van der Waals surface area contributed by atoms with Gasteiger partial charge >= 0.3 is 5.97 Å². The van der Waals surface area contributed by atoms with Crippen LogP contribution in [0.15, 0.2) is 24.3 Å². The van der Waals surface area contributed by atoms with Crippen molar-refractivity contribution in [3.05, 3.63) is 29.8 Å². The summed E-state index contributed by atoms with van der Waals surface area (Å²) >= 11 is 1.30. The second-order valence-corrected chi connectivity index (χ2v) is 11.2. The summed E-state index contributed by atoms with van der Waals surface area (Å²) in [6.07, 6.45) is 11.3. The maximum absolute atomic E-state index is 13.0. The molecule has 3 heterocycles. The van der Waals surface area contributed by atoms with Crippen LogP contribution < -0.4 is 4.74 Å². The van der Waals surface area contributed by atoms with Crippen molar-refractivity contribution in [2.45, 2.75) is 108 Å². The lowest BCUT2D eigenvalue weighted by Crippen LogP contribution is -2.60. The van der Waals surface area contributed by atoms with Gasteiger partial charge in [-0.25, -0.2) is 0 Å². The normalized spacial score (nSPS) is 30.8. The number of hydrogen-bond acceptors (Lipinski definition) is 7. The van der Waals surface area contributed by atoms with Crippen molar-refractivity contribution in [3.8, 4) is 5.75 Å². The van der Waals surface area contributed by atoms with Gasteiger partial charge in [-0.15, -0.1) is 0 Å². The van der Waals surface area contributed by atoms with Crippen molar-refractivity contribution in [1.29, 1.82) is 0 Å². The van der Waals surface area contributed by atoms with E-state index in [1.54, 1.807) is 14.2 Å². The van der Waals surface area contributed by atoms with Crippen LogP contribution in [-0.4, -0.2) is 60.1 Å². The molecular weight excluding hydrogens is 478 g/mol. The molecule has 7 nitrogen and oxygen atoms in total. The first-order valence-corrected chi connectivity index (χ1v) is 14.5. The molecule has 200 valence electrons. The molecule has 4 atom stereocenters. The van der Waals surface area contributed by atoms with E-state index in [-0.39, 0.29) is 29.5 Å². The molecule has 3 saturated heterocycles. The molecule has 36 heavy (non-hydrogen) atoms. The molecule has 1 aromatic rings. The van der Waals surface area contributed by atoms with E-state index in [4.69, 9.17) is 18.9 Å². The number of benzene rings is 1. The number of amides is 1. The van der Waals surface area contributed by atoms with Gasteiger partial charge < -0.3 is 23.8 Å². The summed E-state index contributed by atoms with van der Waals surface area (Å²) in [6, 6.07) is 7.50. The first-order chi connectivity index (χ1) is 17.5. The number of methoxy groups -OCH3 is 2. The van der Waals surface area contributed by atoms with Gasteiger partial charge in [-0.3, -0.25) is 9.59 Å². The van der Waals surface area contributed by atoms with Gasteiger partial charge in [0, 0.05) is 38.7 Å². The molecule has 0 aromatic heterocycles. The molecule has 0 spiro atoms. The summed E-state index contributed by atoms with van der Waals surface area (Å²) in [7, 11) is 3.30. The smallest absolute Gasteiger partial charge is 0.306 e. The lowest BCUT2D eigenvalue weighted by atomic mass is 9.90. The largest absolute Gasteiger partial charge is 0.497 e. The highest BCUT2D eigenvalue weighted by Crippen LogP contribution is 2.43. The zero-order valence-corrected chi connectivity index (χ0v) is 22.6. The highest BCUT2D eigenvalue weighted by molar-refractivity contribution is 8.13. The van der Waals surface area contributed by atoms with E-state index in [2.05, 4.69) is 0 Å². The number of thioether (sulfide) groups is 1. The SMILES string of the molecule is COc1ccc(CN2C(=O)SCC2[C@@]2(OC)C[C@H]3C[C@@H](CCCCCCCCCCC(=O)O3)O2)cc1. The number of hydrogen-bond donors (Lipinski definition) is 0. The zero-order valence-electron chi connectivity index (χ0n) is 21.7. The summed E-state index contributed by atoms with van der Waals surface area (Å²) in [4.78, 5) is 27.5. The average Bonchev–Trinajstić information content (AvgIpc) is 3.25. The summed E-state index contributed by atoms with van der Waals surface area (Å²) < 4.78 is 24.1. The van der Waals surface area contributed by atoms with Gasteiger partial charge in [0.05, 0.1) is 19.3 Å². The molecule has 0 radical (unpaired) electrons. The lowest BCUT2D eigenvalue weighted by molar-refractivity contribution is -0.306. The van der Waals surface area contributed by atoms with Crippen molar-refractivity contribution < 1.29 is 28.5 Å². The van der Waals surface area contributed by atoms with E-state index < -0.39 is 5.79 Å². The van der Waals surface area contributed by atoms with Crippen LogP contribution in [-0.2, 0) is 25.5 Å². The topological polar surface area (TPSA) is 74.3 Å². The number of carbonyl (C=O) groups excluding carboxylic acids is 2. The fourth-order valence-corrected chi connectivity index (χ4v) is 6.78. The minimum absolute atomic E-state index is 0.0184. The monoisotopic (exact) mass is 519 g/mol. The number of esters is 1. The van der Waals surface area contributed by atoms with Gasteiger partial charge in [0.1, 0.15) is 11.9 Å². The zero-order chi connectivity index (χ0) is 25.4. The Labute approximate surface area is 219 Å². The van der Waals surface area contributed by atoms with Crippen molar-refractivity contribution in [3.63, 3.8) is 0 Å². The van der Waals surface area contributed by atoms with Gasteiger partial charge in [0.25, 0.3) is 5.24 Å². The Morgan fingerprint density at radius 2 is 1.67 bits per heavy atom. The van der Waals surface area contributed by atoms with Gasteiger partial charge in [-0.1, -0.05) is 68.8 Å². The van der Waals surface area contributed by atoms with Crippen molar-refractivity contribution >= 4 is 23.0 Å². The highest BCUT2D eigenvalue weighted by atomic mass is 32.2. The third kappa shape index (κ3) is 6.95. The minimum atomic E-state index is -1.01. The molecule has 0 aliphatic carbocycles. The molecule has 8 heteroatoms. The van der Waals surface area contributed by atoms with Crippen LogP contribution in [0.2, 0.25) is 0 Å². The van der Waals surface area contributed by atoms with Crippen molar-refractivity contribution in [2.75, 3.05) is 20.0 Å². The molecule has 2 bridgehead atoms. The van der Waals surface area contributed by atoms with Crippen molar-refractivity contribution in [1.82, 2.24) is 4.90 Å². The minimum Gasteiger partial charge on any atom is -0.497 e. The van der Waals surface area contributed by atoms with E-state index in [9.17, 15) is 9.59 Å². The maximum Gasteiger partial charge on any atom is 0.306 e. The first kappa shape index (κ1) is 27.3. The van der Waals surface area contributed by atoms with Crippen LogP contribution in [0.4, 0.5) is 4.79 Å². The lowest BCUT2D eigenvalue weighted by Gasteiger charge is -2.48. The van der Waals surface area contributed by atoms with Crippen LogP contribution in [0.1, 0.15) is 82.6 Å². The molecule has 1 amide bonds. The fraction of sp³-hybridized carbons (Fsp3) is 0.714. The number of carbonyl (C=O) groups is 2. The van der Waals surface area contributed by atoms with Crippen molar-refractivity contribution in [2.24, 2.45) is 0 Å². The molecular formula is C28H41NO6S. The molecule has 1 unspecified atom stereocenters. The number of rotatable bonds is 5. The summed E-state index contributed by atoms with van der Waals surface area (Å²) in [6.45, 7) is 0.462. The fourth-order valence-electron chi connectivity index (χ4n) is 5.68. The van der Waals surface area contributed by atoms with E-state index in [1.165, 1.54) is 43.9 Å². The second kappa shape index (κ2) is 13.2. The Morgan fingerprint density at radius 1 is 0.972 bits per heavy atom. The van der Waals surface area contributed by atoms with E-state index in [0.29, 0.717) is 31.6 Å². The summed E-state index contributed by atoms with van der Waals surface area (Å²) in [5.74, 6) is 0.223.